The van der Waals surface area contributed by atoms with E-state index >= 15 is 0 Å². The number of methoxy groups -OCH3 is 1. The van der Waals surface area contributed by atoms with E-state index in [4.69, 9.17) is 27.9 Å². The molecule has 2 aromatic heterocycles. The minimum Gasteiger partial charge on any atom is -0.465 e. The summed E-state index contributed by atoms with van der Waals surface area (Å²) in [5.41, 5.74) is 3.76. The van der Waals surface area contributed by atoms with Crippen LogP contribution >= 0.6 is 23.2 Å². The molecule has 0 saturated heterocycles. The molecule has 0 spiro atoms. The Morgan fingerprint density at radius 3 is 2.71 bits per heavy atom. The summed E-state index contributed by atoms with van der Waals surface area (Å²) in [5, 5.41) is 1.55. The molecule has 1 aromatic carbocycles. The van der Waals surface area contributed by atoms with Crippen molar-refractivity contribution in [1.82, 2.24) is 9.97 Å². The highest BCUT2D eigenvalue weighted by Crippen LogP contribution is 2.20. The number of benzene rings is 1. The molecule has 0 aliphatic rings. The fourth-order valence-electron chi connectivity index (χ4n) is 2.52. The van der Waals surface area contributed by atoms with Crippen molar-refractivity contribution in [3.8, 4) is 0 Å². The van der Waals surface area contributed by atoms with Gasteiger partial charge in [-0.1, -0.05) is 17.7 Å². The predicted octanol–water partition coefficient (Wildman–Crippen LogP) is 4.40. The molecular weight excluding hydrogens is 347 g/mol. The average Bonchev–Trinajstić information content (AvgIpc) is 2.60. The van der Waals surface area contributed by atoms with E-state index in [0.717, 1.165) is 22.2 Å². The second-order valence-corrected chi connectivity index (χ2v) is 6.02. The van der Waals surface area contributed by atoms with Gasteiger partial charge in [0.15, 0.2) is 0 Å². The van der Waals surface area contributed by atoms with Gasteiger partial charge in [-0.15, -0.1) is 11.6 Å². The molecule has 24 heavy (non-hydrogen) atoms. The molecule has 122 valence electrons. The average molecular weight is 361 g/mol. The molecule has 0 aliphatic heterocycles. The summed E-state index contributed by atoms with van der Waals surface area (Å²) in [4.78, 5) is 20.5. The first kappa shape index (κ1) is 16.7. The molecule has 0 radical (unpaired) electrons. The first-order valence-electron chi connectivity index (χ1n) is 7.27. The van der Waals surface area contributed by atoms with Gasteiger partial charge in [-0.05, 0) is 35.9 Å². The van der Waals surface area contributed by atoms with Crippen LogP contribution in [0.4, 0.5) is 0 Å². The number of nitrogens with zero attached hydrogens (tertiary/aromatic N) is 2. The van der Waals surface area contributed by atoms with Crippen LogP contribution < -0.4 is 0 Å². The quantitative estimate of drug-likeness (QED) is 0.511. The predicted molar refractivity (Wildman–Crippen MR) is 94.7 cm³/mol. The zero-order valence-electron chi connectivity index (χ0n) is 12.9. The number of ether oxygens (including phenoxy) is 1. The topological polar surface area (TPSA) is 52.1 Å². The molecule has 6 heteroatoms. The molecule has 0 unspecified atom stereocenters. The Labute approximate surface area is 149 Å². The number of esters is 1. The molecule has 3 aromatic rings. The van der Waals surface area contributed by atoms with Crippen molar-refractivity contribution < 1.29 is 9.53 Å². The number of carbonyl (C=O) groups is 1. The van der Waals surface area contributed by atoms with Crippen molar-refractivity contribution in [2.45, 2.75) is 12.3 Å². The molecule has 0 bridgehead atoms. The Kier molecular flexibility index (Phi) is 4.97. The third-order valence-corrected chi connectivity index (χ3v) is 4.07. The molecule has 2 heterocycles. The smallest absolute Gasteiger partial charge is 0.337 e. The van der Waals surface area contributed by atoms with Crippen molar-refractivity contribution in [3.05, 3.63) is 70.1 Å². The van der Waals surface area contributed by atoms with E-state index in [1.165, 1.54) is 7.11 Å². The number of fused-ring (bicyclic) bond motifs is 1. The highest BCUT2D eigenvalue weighted by Gasteiger charge is 2.11. The highest BCUT2D eigenvalue weighted by molar-refractivity contribution is 6.31. The fraction of sp³-hybridized carbons (Fsp3) is 0.167. The van der Waals surface area contributed by atoms with Crippen molar-refractivity contribution in [3.63, 3.8) is 0 Å². The van der Waals surface area contributed by atoms with Crippen LogP contribution in [-0.2, 0) is 17.0 Å². The normalized spacial score (nSPS) is 10.8. The Morgan fingerprint density at radius 2 is 1.96 bits per heavy atom. The van der Waals surface area contributed by atoms with Gasteiger partial charge in [-0.25, -0.2) is 4.79 Å². The molecule has 0 amide bonds. The van der Waals surface area contributed by atoms with Crippen LogP contribution in [-0.4, -0.2) is 23.0 Å². The minimum absolute atomic E-state index is 0.231. The highest BCUT2D eigenvalue weighted by atomic mass is 35.5. The summed E-state index contributed by atoms with van der Waals surface area (Å²) in [5.74, 6) is -0.172. The fourth-order valence-corrected chi connectivity index (χ4v) is 2.82. The zero-order valence-corrected chi connectivity index (χ0v) is 14.4. The SMILES string of the molecule is COC(=O)c1cc(CCl)nc(Cc2ccc3ncc(Cl)cc3c2)c1. The maximum absolute atomic E-state index is 11.8. The summed E-state index contributed by atoms with van der Waals surface area (Å²) in [6, 6.07) is 11.2. The number of aromatic nitrogens is 2. The van der Waals surface area contributed by atoms with Crippen LogP contribution in [0.15, 0.2) is 42.6 Å². The van der Waals surface area contributed by atoms with Gasteiger partial charge in [0.05, 0.1) is 34.8 Å². The maximum atomic E-state index is 11.8. The van der Waals surface area contributed by atoms with E-state index in [1.807, 2.05) is 24.3 Å². The first-order valence-corrected chi connectivity index (χ1v) is 8.18. The third kappa shape index (κ3) is 3.66. The van der Waals surface area contributed by atoms with Gasteiger partial charge in [0.1, 0.15) is 0 Å². The Bertz CT molecular complexity index is 913. The zero-order chi connectivity index (χ0) is 17.1. The number of halogens is 2. The van der Waals surface area contributed by atoms with Gasteiger partial charge in [0, 0.05) is 23.7 Å². The van der Waals surface area contributed by atoms with Gasteiger partial charge in [0.2, 0.25) is 0 Å². The monoisotopic (exact) mass is 360 g/mol. The van der Waals surface area contributed by atoms with Gasteiger partial charge in [-0.3, -0.25) is 9.97 Å². The number of hydrogen-bond acceptors (Lipinski definition) is 4. The van der Waals surface area contributed by atoms with Crippen LogP contribution in [0.1, 0.15) is 27.3 Å². The third-order valence-electron chi connectivity index (χ3n) is 3.59. The summed E-state index contributed by atoms with van der Waals surface area (Å²) in [7, 11) is 1.35. The summed E-state index contributed by atoms with van der Waals surface area (Å²) in [6.07, 6.45) is 2.19. The molecular formula is C18H14Cl2N2O2. The Morgan fingerprint density at radius 1 is 1.17 bits per heavy atom. The summed E-state index contributed by atoms with van der Waals surface area (Å²) < 4.78 is 4.78. The molecule has 0 N–H and O–H groups in total. The van der Waals surface area contributed by atoms with E-state index in [0.29, 0.717) is 22.7 Å². The van der Waals surface area contributed by atoms with Gasteiger partial charge in [-0.2, -0.15) is 0 Å². The van der Waals surface area contributed by atoms with Crippen LogP contribution in [0.25, 0.3) is 10.9 Å². The van der Waals surface area contributed by atoms with Crippen molar-refractivity contribution in [1.29, 1.82) is 0 Å². The number of hydrogen-bond donors (Lipinski definition) is 0. The van der Waals surface area contributed by atoms with Crippen LogP contribution in [0.2, 0.25) is 5.02 Å². The van der Waals surface area contributed by atoms with Crippen molar-refractivity contribution in [2.75, 3.05) is 7.11 Å². The van der Waals surface area contributed by atoms with E-state index < -0.39 is 5.97 Å². The van der Waals surface area contributed by atoms with E-state index in [-0.39, 0.29) is 5.88 Å². The van der Waals surface area contributed by atoms with Gasteiger partial charge >= 0.3 is 5.97 Å². The van der Waals surface area contributed by atoms with E-state index in [9.17, 15) is 4.79 Å². The molecule has 0 atom stereocenters. The van der Waals surface area contributed by atoms with E-state index in [2.05, 4.69) is 9.97 Å². The van der Waals surface area contributed by atoms with Crippen molar-refractivity contribution >= 4 is 40.1 Å². The Balaban J connectivity index is 1.96. The van der Waals surface area contributed by atoms with Gasteiger partial charge < -0.3 is 4.74 Å². The summed E-state index contributed by atoms with van der Waals surface area (Å²) in [6.45, 7) is 0. The number of carbonyl (C=O) groups excluding carboxylic acids is 1. The first-order chi connectivity index (χ1) is 11.6. The molecule has 4 nitrogen and oxygen atoms in total. The van der Waals surface area contributed by atoms with Gasteiger partial charge in [0.25, 0.3) is 0 Å². The molecule has 0 saturated carbocycles. The van der Waals surface area contributed by atoms with Crippen LogP contribution in [0.3, 0.4) is 0 Å². The molecule has 0 fully saturated rings. The second-order valence-electron chi connectivity index (χ2n) is 5.32. The number of pyridine rings is 2. The lowest BCUT2D eigenvalue weighted by Gasteiger charge is -2.08. The Hall–Kier alpha value is -2.17. The molecule has 3 rings (SSSR count). The van der Waals surface area contributed by atoms with Crippen molar-refractivity contribution in [2.24, 2.45) is 0 Å². The largest absolute Gasteiger partial charge is 0.465 e. The second kappa shape index (κ2) is 7.16. The minimum atomic E-state index is -0.403. The van der Waals surface area contributed by atoms with Crippen LogP contribution in [0.5, 0.6) is 0 Å². The lowest BCUT2D eigenvalue weighted by atomic mass is 10.0. The number of alkyl halides is 1. The standard InChI is InChI=1S/C18H14Cl2N2O2/c1-24-18(23)13-7-15(22-16(8-13)9-19)5-11-2-3-17-12(4-11)6-14(20)10-21-17/h2-4,6-8,10H,5,9H2,1H3. The van der Waals surface area contributed by atoms with Crippen LogP contribution in [0, 0.1) is 0 Å². The lowest BCUT2D eigenvalue weighted by molar-refractivity contribution is 0.0600. The summed E-state index contributed by atoms with van der Waals surface area (Å²) >= 11 is 11.9. The maximum Gasteiger partial charge on any atom is 0.337 e. The number of rotatable bonds is 4. The molecule has 0 aliphatic carbocycles. The lowest BCUT2D eigenvalue weighted by Crippen LogP contribution is -2.06. The van der Waals surface area contributed by atoms with E-state index in [1.54, 1.807) is 18.3 Å².